The summed E-state index contributed by atoms with van der Waals surface area (Å²) in [6.07, 6.45) is 1.72. The van der Waals surface area contributed by atoms with E-state index in [1.807, 2.05) is 13.1 Å². The predicted octanol–water partition coefficient (Wildman–Crippen LogP) is 0.559. The highest BCUT2D eigenvalue weighted by atomic mass is 32.2. The Morgan fingerprint density at radius 1 is 1.22 bits per heavy atom. The standard InChI is InChI=1S/C15H21N5O2S/c1-16-15(18-12-13-8-9-19-20(13)2)17-10-11-23(21,22)14-6-4-3-5-7-14/h3-9H,10-12H2,1-2H3,(H2,16,17,18). The van der Waals surface area contributed by atoms with Crippen molar-refractivity contribution >= 4 is 15.8 Å². The van der Waals surface area contributed by atoms with E-state index in [1.54, 1.807) is 48.3 Å². The van der Waals surface area contributed by atoms with Crippen molar-refractivity contribution in [2.75, 3.05) is 19.3 Å². The molecule has 0 aliphatic carbocycles. The summed E-state index contributed by atoms with van der Waals surface area (Å²) in [4.78, 5) is 4.41. The molecule has 1 aromatic heterocycles. The first kappa shape index (κ1) is 17.0. The number of rotatable bonds is 6. The van der Waals surface area contributed by atoms with Crippen molar-refractivity contribution in [1.29, 1.82) is 0 Å². The Labute approximate surface area is 136 Å². The van der Waals surface area contributed by atoms with E-state index in [0.29, 0.717) is 17.4 Å². The zero-order valence-corrected chi connectivity index (χ0v) is 14.0. The van der Waals surface area contributed by atoms with Crippen LogP contribution in [0.5, 0.6) is 0 Å². The van der Waals surface area contributed by atoms with Gasteiger partial charge in [-0.05, 0) is 18.2 Å². The van der Waals surface area contributed by atoms with E-state index in [-0.39, 0.29) is 12.3 Å². The van der Waals surface area contributed by atoms with Crippen LogP contribution >= 0.6 is 0 Å². The van der Waals surface area contributed by atoms with Crippen LogP contribution in [0.3, 0.4) is 0 Å². The van der Waals surface area contributed by atoms with Crippen LogP contribution < -0.4 is 10.6 Å². The fourth-order valence-corrected chi connectivity index (χ4v) is 3.20. The van der Waals surface area contributed by atoms with E-state index in [9.17, 15) is 8.42 Å². The lowest BCUT2D eigenvalue weighted by Gasteiger charge is -2.12. The number of aromatic nitrogens is 2. The number of guanidine groups is 1. The van der Waals surface area contributed by atoms with Crippen LogP contribution in [0.4, 0.5) is 0 Å². The number of aryl methyl sites for hydroxylation is 1. The third-order valence-corrected chi connectivity index (χ3v) is 5.08. The molecule has 124 valence electrons. The minimum Gasteiger partial charge on any atom is -0.355 e. The van der Waals surface area contributed by atoms with E-state index in [2.05, 4.69) is 20.7 Å². The monoisotopic (exact) mass is 335 g/mol. The third kappa shape index (κ3) is 4.82. The van der Waals surface area contributed by atoms with Gasteiger partial charge in [-0.1, -0.05) is 18.2 Å². The van der Waals surface area contributed by atoms with Crippen LogP contribution in [0.2, 0.25) is 0 Å². The molecule has 2 N–H and O–H groups in total. The van der Waals surface area contributed by atoms with E-state index in [4.69, 9.17) is 0 Å². The first-order valence-electron chi connectivity index (χ1n) is 7.22. The second kappa shape index (κ2) is 7.77. The van der Waals surface area contributed by atoms with Crippen molar-refractivity contribution in [2.45, 2.75) is 11.4 Å². The average molecular weight is 335 g/mol. The van der Waals surface area contributed by atoms with Crippen LogP contribution in [-0.2, 0) is 23.4 Å². The number of benzene rings is 1. The largest absolute Gasteiger partial charge is 0.355 e. The molecular formula is C15H21N5O2S. The summed E-state index contributed by atoms with van der Waals surface area (Å²) < 4.78 is 26.1. The third-order valence-electron chi connectivity index (χ3n) is 3.35. The molecule has 0 unspecified atom stereocenters. The molecule has 0 aliphatic rings. The van der Waals surface area contributed by atoms with Crippen LogP contribution in [0.25, 0.3) is 0 Å². The summed E-state index contributed by atoms with van der Waals surface area (Å²) in [5, 5.41) is 10.2. The molecule has 0 saturated carbocycles. The van der Waals surface area contributed by atoms with Crippen molar-refractivity contribution < 1.29 is 8.42 Å². The summed E-state index contributed by atoms with van der Waals surface area (Å²) in [7, 11) is 0.215. The zero-order valence-electron chi connectivity index (χ0n) is 13.2. The molecule has 7 nitrogen and oxygen atoms in total. The first-order chi connectivity index (χ1) is 11.0. The zero-order chi connectivity index (χ0) is 16.7. The number of nitrogens with zero attached hydrogens (tertiary/aromatic N) is 3. The minimum atomic E-state index is -3.29. The fraction of sp³-hybridized carbons (Fsp3) is 0.333. The van der Waals surface area contributed by atoms with Gasteiger partial charge in [0.05, 0.1) is 22.9 Å². The Kier molecular flexibility index (Phi) is 5.75. The van der Waals surface area contributed by atoms with Crippen molar-refractivity contribution in [3.63, 3.8) is 0 Å². The van der Waals surface area contributed by atoms with Crippen LogP contribution in [0.1, 0.15) is 5.69 Å². The average Bonchev–Trinajstić information content (AvgIpc) is 2.96. The number of sulfone groups is 1. The molecule has 0 saturated heterocycles. The summed E-state index contributed by atoms with van der Waals surface area (Å²) in [5.74, 6) is 0.554. The van der Waals surface area contributed by atoms with Gasteiger partial charge >= 0.3 is 0 Å². The fourth-order valence-electron chi connectivity index (χ4n) is 2.02. The lowest BCUT2D eigenvalue weighted by Crippen LogP contribution is -2.39. The van der Waals surface area contributed by atoms with Crippen molar-refractivity contribution in [1.82, 2.24) is 20.4 Å². The SMILES string of the molecule is CN=C(NCCS(=O)(=O)c1ccccc1)NCc1ccnn1C. The Morgan fingerprint density at radius 2 is 1.96 bits per heavy atom. The van der Waals surface area contributed by atoms with Gasteiger partial charge < -0.3 is 10.6 Å². The van der Waals surface area contributed by atoms with E-state index in [1.165, 1.54) is 0 Å². The second-order valence-corrected chi connectivity index (χ2v) is 7.04. The highest BCUT2D eigenvalue weighted by molar-refractivity contribution is 7.91. The Bertz CT molecular complexity index is 753. The van der Waals surface area contributed by atoms with Gasteiger partial charge in [0.2, 0.25) is 0 Å². The Balaban J connectivity index is 1.83. The number of hydrogen-bond acceptors (Lipinski definition) is 4. The maximum atomic E-state index is 12.2. The smallest absolute Gasteiger partial charge is 0.191 e. The highest BCUT2D eigenvalue weighted by Gasteiger charge is 2.13. The van der Waals surface area contributed by atoms with Gasteiger partial charge in [-0.25, -0.2) is 8.42 Å². The molecule has 2 aromatic rings. The number of hydrogen-bond donors (Lipinski definition) is 2. The molecule has 23 heavy (non-hydrogen) atoms. The number of nitrogens with one attached hydrogen (secondary N) is 2. The molecule has 1 aromatic carbocycles. The second-order valence-electron chi connectivity index (χ2n) is 4.93. The topological polar surface area (TPSA) is 88.4 Å². The van der Waals surface area contributed by atoms with Crippen LogP contribution in [0.15, 0.2) is 52.5 Å². The molecule has 0 atom stereocenters. The molecule has 1 heterocycles. The molecule has 0 radical (unpaired) electrons. The van der Waals surface area contributed by atoms with Gasteiger partial charge in [0.25, 0.3) is 0 Å². The predicted molar refractivity (Wildman–Crippen MR) is 89.9 cm³/mol. The maximum absolute atomic E-state index is 12.2. The van der Waals surface area contributed by atoms with Gasteiger partial charge in [0, 0.05) is 26.8 Å². The summed E-state index contributed by atoms with van der Waals surface area (Å²) >= 11 is 0. The van der Waals surface area contributed by atoms with Gasteiger partial charge in [0.15, 0.2) is 15.8 Å². The molecule has 0 spiro atoms. The maximum Gasteiger partial charge on any atom is 0.191 e. The minimum absolute atomic E-state index is 0.00340. The lowest BCUT2D eigenvalue weighted by molar-refractivity contribution is 0.594. The molecule has 8 heteroatoms. The van der Waals surface area contributed by atoms with Gasteiger partial charge in [0.1, 0.15) is 0 Å². The van der Waals surface area contributed by atoms with E-state index >= 15 is 0 Å². The molecular weight excluding hydrogens is 314 g/mol. The molecule has 0 fully saturated rings. The lowest BCUT2D eigenvalue weighted by atomic mass is 10.4. The summed E-state index contributed by atoms with van der Waals surface area (Å²) in [5.41, 5.74) is 1.00. The molecule has 0 aliphatic heterocycles. The molecule has 0 bridgehead atoms. The highest BCUT2D eigenvalue weighted by Crippen LogP contribution is 2.09. The quantitative estimate of drug-likeness (QED) is 0.595. The Morgan fingerprint density at radius 3 is 2.57 bits per heavy atom. The Hall–Kier alpha value is -2.35. The van der Waals surface area contributed by atoms with Crippen LogP contribution in [-0.4, -0.2) is 43.5 Å². The van der Waals surface area contributed by atoms with Gasteiger partial charge in [-0.15, -0.1) is 0 Å². The van der Waals surface area contributed by atoms with Gasteiger partial charge in [-0.3, -0.25) is 9.67 Å². The summed E-state index contributed by atoms with van der Waals surface area (Å²) in [6.45, 7) is 0.837. The first-order valence-corrected chi connectivity index (χ1v) is 8.87. The number of aliphatic imine (C=N–C) groups is 1. The molecule has 2 rings (SSSR count). The van der Waals surface area contributed by atoms with Gasteiger partial charge in [-0.2, -0.15) is 5.10 Å². The molecule has 0 amide bonds. The van der Waals surface area contributed by atoms with E-state index in [0.717, 1.165) is 5.69 Å². The van der Waals surface area contributed by atoms with Crippen molar-refractivity contribution in [3.8, 4) is 0 Å². The van der Waals surface area contributed by atoms with Crippen molar-refractivity contribution in [3.05, 3.63) is 48.3 Å². The van der Waals surface area contributed by atoms with E-state index < -0.39 is 9.84 Å². The van der Waals surface area contributed by atoms with Crippen LogP contribution in [0, 0.1) is 0 Å². The summed E-state index contributed by atoms with van der Waals surface area (Å²) in [6, 6.07) is 10.3. The van der Waals surface area contributed by atoms with Crippen molar-refractivity contribution in [2.24, 2.45) is 12.0 Å². The normalized spacial score (nSPS) is 12.2.